The number of rotatable bonds is 10. The fourth-order valence-electron chi connectivity index (χ4n) is 4.74. The summed E-state index contributed by atoms with van der Waals surface area (Å²) in [5.41, 5.74) is 1.46. The quantitative estimate of drug-likeness (QED) is 0.422. The lowest BCUT2D eigenvalue weighted by Crippen LogP contribution is -2.39. The van der Waals surface area contributed by atoms with Crippen LogP contribution in [0.15, 0.2) is 30.3 Å². The van der Waals surface area contributed by atoms with Crippen LogP contribution in [0.3, 0.4) is 0 Å². The van der Waals surface area contributed by atoms with E-state index in [9.17, 15) is 13.2 Å². The Morgan fingerprint density at radius 1 is 1.11 bits per heavy atom. The first-order chi connectivity index (χ1) is 17.5. The van der Waals surface area contributed by atoms with Gasteiger partial charge in [-0.05, 0) is 92.1 Å². The molecule has 2 aliphatic rings. The van der Waals surface area contributed by atoms with E-state index in [0.717, 1.165) is 56.2 Å². The second-order valence-corrected chi connectivity index (χ2v) is 12.4. The van der Waals surface area contributed by atoms with E-state index in [0.29, 0.717) is 23.3 Å². The molecule has 1 aliphatic heterocycles. The molecular weight excluding hydrogens is 542 g/mol. The van der Waals surface area contributed by atoms with Crippen molar-refractivity contribution in [2.24, 2.45) is 5.92 Å². The van der Waals surface area contributed by atoms with E-state index in [1.54, 1.807) is 19.2 Å². The Bertz CT molecular complexity index is 1230. The molecule has 1 saturated heterocycles. The largest absolute Gasteiger partial charge is 0.490 e. The first-order valence-electron chi connectivity index (χ1n) is 12.2. The van der Waals surface area contributed by atoms with Crippen molar-refractivity contribution in [3.05, 3.63) is 62.9 Å². The molecule has 1 heterocycles. The normalized spacial score (nSPS) is 18.0. The van der Waals surface area contributed by atoms with Gasteiger partial charge in [-0.15, -0.1) is 0 Å². The van der Waals surface area contributed by atoms with Gasteiger partial charge in [0.05, 0.1) is 31.1 Å². The summed E-state index contributed by atoms with van der Waals surface area (Å²) in [5.74, 6) is -1.43. The zero-order valence-corrected chi connectivity index (χ0v) is 23.1. The maximum atomic E-state index is 15.2. The Morgan fingerprint density at radius 3 is 2.32 bits per heavy atom. The van der Waals surface area contributed by atoms with Crippen LogP contribution in [-0.2, 0) is 14.8 Å². The van der Waals surface area contributed by atoms with Crippen LogP contribution < -0.4 is 9.46 Å². The first kappa shape index (κ1) is 28.1. The standard InChI is InChI=1S/C26H31Cl2FN2O5S/c1-35-15-23(19-9-20(27)13-21(28)10-19)31-7-5-16(6-8-31)14-36-24-12-18(17-3-4-17)11-22(25(24)29)26(32)30-37(2,33)34/h9-13,16-17,23H,3-8,14-15H2,1-2H3,(H,30,32). The van der Waals surface area contributed by atoms with E-state index in [1.807, 2.05) is 16.9 Å². The Morgan fingerprint density at radius 2 is 1.76 bits per heavy atom. The van der Waals surface area contributed by atoms with Crippen LogP contribution >= 0.6 is 23.2 Å². The molecule has 37 heavy (non-hydrogen) atoms. The molecule has 7 nitrogen and oxygen atoms in total. The Labute approximate surface area is 227 Å². The minimum Gasteiger partial charge on any atom is -0.490 e. The zero-order valence-electron chi connectivity index (χ0n) is 20.8. The number of nitrogens with one attached hydrogen (secondary N) is 1. The molecule has 0 aromatic heterocycles. The molecule has 4 rings (SSSR count). The van der Waals surface area contributed by atoms with E-state index >= 15 is 4.39 Å². The second-order valence-electron chi connectivity index (χ2n) is 9.82. The van der Waals surface area contributed by atoms with E-state index in [1.165, 1.54) is 6.07 Å². The highest BCUT2D eigenvalue weighted by Gasteiger charge is 2.30. The van der Waals surface area contributed by atoms with Gasteiger partial charge in [-0.2, -0.15) is 0 Å². The van der Waals surface area contributed by atoms with Crippen LogP contribution in [0.5, 0.6) is 5.75 Å². The van der Waals surface area contributed by atoms with Crippen molar-refractivity contribution >= 4 is 39.1 Å². The zero-order chi connectivity index (χ0) is 26.7. The van der Waals surface area contributed by atoms with E-state index in [2.05, 4.69) is 4.90 Å². The number of carbonyl (C=O) groups excluding carboxylic acids is 1. The number of piperidine rings is 1. The maximum Gasteiger partial charge on any atom is 0.267 e. The average Bonchev–Trinajstić information content (AvgIpc) is 3.66. The number of methoxy groups -OCH3 is 1. The lowest BCUT2D eigenvalue weighted by atomic mass is 9.95. The van der Waals surface area contributed by atoms with Crippen LogP contribution in [0.25, 0.3) is 0 Å². The summed E-state index contributed by atoms with van der Waals surface area (Å²) in [7, 11) is -2.16. The molecular formula is C26H31Cl2FN2O5S. The van der Waals surface area contributed by atoms with E-state index < -0.39 is 21.7 Å². The van der Waals surface area contributed by atoms with E-state index in [-0.39, 0.29) is 29.2 Å². The molecule has 1 amide bonds. The summed E-state index contributed by atoms with van der Waals surface area (Å²) in [6, 6.07) is 8.58. The molecule has 1 N–H and O–H groups in total. The number of amides is 1. The average molecular weight is 574 g/mol. The summed E-state index contributed by atoms with van der Waals surface area (Å²) in [5, 5.41) is 1.15. The molecule has 1 aliphatic carbocycles. The number of sulfonamides is 1. The molecule has 0 radical (unpaired) electrons. The predicted octanol–water partition coefficient (Wildman–Crippen LogP) is 5.18. The van der Waals surface area contributed by atoms with Crippen molar-refractivity contribution in [1.82, 2.24) is 9.62 Å². The van der Waals surface area contributed by atoms with Crippen molar-refractivity contribution in [1.29, 1.82) is 0 Å². The molecule has 2 fully saturated rings. The third kappa shape index (κ3) is 7.57. The lowest BCUT2D eigenvalue weighted by Gasteiger charge is -2.37. The Kier molecular flexibility index (Phi) is 9.01. The van der Waals surface area contributed by atoms with Gasteiger partial charge in [0.25, 0.3) is 5.91 Å². The van der Waals surface area contributed by atoms with Crippen molar-refractivity contribution in [2.75, 3.05) is 39.7 Å². The number of nitrogens with zero attached hydrogens (tertiary/aromatic N) is 1. The molecule has 1 saturated carbocycles. The number of hydrogen-bond donors (Lipinski definition) is 1. The topological polar surface area (TPSA) is 84.9 Å². The molecule has 1 unspecified atom stereocenters. The monoisotopic (exact) mass is 572 g/mol. The molecule has 11 heteroatoms. The maximum absolute atomic E-state index is 15.2. The van der Waals surface area contributed by atoms with Gasteiger partial charge in [-0.3, -0.25) is 9.69 Å². The highest BCUT2D eigenvalue weighted by Crippen LogP contribution is 2.42. The number of halogens is 3. The van der Waals surface area contributed by atoms with Crippen molar-refractivity contribution in [2.45, 2.75) is 37.6 Å². The Balaban J connectivity index is 1.42. The summed E-state index contributed by atoms with van der Waals surface area (Å²) in [6.45, 7) is 2.37. The van der Waals surface area contributed by atoms with Crippen LogP contribution in [0.1, 0.15) is 59.1 Å². The van der Waals surface area contributed by atoms with Gasteiger partial charge in [-0.25, -0.2) is 17.5 Å². The molecule has 1 atom stereocenters. The highest BCUT2D eigenvalue weighted by atomic mass is 35.5. The molecule has 0 spiro atoms. The van der Waals surface area contributed by atoms with Crippen LogP contribution in [0, 0.1) is 11.7 Å². The fourth-order valence-corrected chi connectivity index (χ4v) is 5.73. The molecule has 2 aromatic rings. The minimum atomic E-state index is -3.82. The number of carbonyl (C=O) groups is 1. The summed E-state index contributed by atoms with van der Waals surface area (Å²) >= 11 is 12.4. The van der Waals surface area contributed by atoms with Crippen LogP contribution in [0.4, 0.5) is 4.39 Å². The van der Waals surface area contributed by atoms with Gasteiger partial charge in [0.1, 0.15) is 0 Å². The minimum absolute atomic E-state index is 0.00616. The highest BCUT2D eigenvalue weighted by molar-refractivity contribution is 7.89. The number of ether oxygens (including phenoxy) is 2. The number of likely N-dealkylation sites (tertiary alicyclic amines) is 1. The number of benzene rings is 2. The first-order valence-corrected chi connectivity index (χ1v) is 14.9. The molecule has 0 bridgehead atoms. The van der Waals surface area contributed by atoms with E-state index in [4.69, 9.17) is 32.7 Å². The fraction of sp³-hybridized carbons (Fsp3) is 0.500. The summed E-state index contributed by atoms with van der Waals surface area (Å²) < 4.78 is 51.4. The third-order valence-corrected chi connectivity index (χ3v) is 7.78. The summed E-state index contributed by atoms with van der Waals surface area (Å²) in [6.07, 6.45) is 4.41. The van der Waals surface area contributed by atoms with Gasteiger partial charge in [0.2, 0.25) is 10.0 Å². The van der Waals surface area contributed by atoms with Crippen molar-refractivity contribution < 1.29 is 27.1 Å². The Hall–Kier alpha value is -1.91. The van der Waals surface area contributed by atoms with Gasteiger partial charge in [0, 0.05) is 17.2 Å². The van der Waals surface area contributed by atoms with Crippen molar-refractivity contribution in [3.8, 4) is 5.75 Å². The smallest absolute Gasteiger partial charge is 0.267 e. The van der Waals surface area contributed by atoms with Gasteiger partial charge in [-0.1, -0.05) is 23.2 Å². The van der Waals surface area contributed by atoms with Gasteiger partial charge in [0.15, 0.2) is 11.6 Å². The van der Waals surface area contributed by atoms with Crippen molar-refractivity contribution in [3.63, 3.8) is 0 Å². The van der Waals surface area contributed by atoms with Gasteiger partial charge < -0.3 is 9.47 Å². The predicted molar refractivity (Wildman–Crippen MR) is 142 cm³/mol. The lowest BCUT2D eigenvalue weighted by molar-refractivity contribution is 0.0553. The van der Waals surface area contributed by atoms with Crippen LogP contribution in [0.2, 0.25) is 10.0 Å². The summed E-state index contributed by atoms with van der Waals surface area (Å²) in [4.78, 5) is 14.8. The second kappa shape index (κ2) is 11.9. The molecule has 202 valence electrons. The van der Waals surface area contributed by atoms with Crippen LogP contribution in [-0.4, -0.2) is 58.9 Å². The SMILES string of the molecule is COCC(c1cc(Cl)cc(Cl)c1)N1CCC(COc2cc(C3CC3)cc(C(=O)NS(C)(=O)=O)c2F)CC1. The molecule has 2 aromatic carbocycles. The van der Waals surface area contributed by atoms with Gasteiger partial charge >= 0.3 is 0 Å². The third-order valence-electron chi connectivity index (χ3n) is 6.79. The number of hydrogen-bond acceptors (Lipinski definition) is 6.